The molecule has 0 atom stereocenters. The van der Waals surface area contributed by atoms with Gasteiger partial charge in [0.25, 0.3) is 0 Å². The number of carbonyl (C=O) groups is 1. The molecule has 18 heavy (non-hydrogen) atoms. The zero-order valence-electron chi connectivity index (χ0n) is 10.4. The van der Waals surface area contributed by atoms with Gasteiger partial charge in [0, 0.05) is 6.42 Å². The summed E-state index contributed by atoms with van der Waals surface area (Å²) in [5.74, 6) is 0.766. The standard InChI is InChI=1S/C14H18N2OS/c15-10-12-8-9-18-14(12)16-13(17)7-6-11-4-2-1-3-5-11/h8-9,11H,1-7H2,(H,16,17). The Hall–Kier alpha value is -1.34. The molecular formula is C14H18N2OS. The zero-order valence-corrected chi connectivity index (χ0v) is 11.3. The predicted molar refractivity (Wildman–Crippen MR) is 73.5 cm³/mol. The first-order chi connectivity index (χ1) is 8.79. The maximum Gasteiger partial charge on any atom is 0.225 e. The van der Waals surface area contributed by atoms with Gasteiger partial charge in [-0.15, -0.1) is 11.3 Å². The van der Waals surface area contributed by atoms with Crippen molar-refractivity contribution < 1.29 is 4.79 Å². The highest BCUT2D eigenvalue weighted by Gasteiger charge is 2.15. The van der Waals surface area contributed by atoms with E-state index in [1.165, 1.54) is 43.4 Å². The van der Waals surface area contributed by atoms with E-state index in [0.29, 0.717) is 17.0 Å². The van der Waals surface area contributed by atoms with Crippen molar-refractivity contribution in [1.82, 2.24) is 0 Å². The fourth-order valence-electron chi connectivity index (χ4n) is 2.49. The monoisotopic (exact) mass is 262 g/mol. The topological polar surface area (TPSA) is 52.9 Å². The lowest BCUT2D eigenvalue weighted by molar-refractivity contribution is -0.116. The van der Waals surface area contributed by atoms with E-state index < -0.39 is 0 Å². The molecule has 0 unspecified atom stereocenters. The fraction of sp³-hybridized carbons (Fsp3) is 0.571. The minimum atomic E-state index is 0.0412. The Morgan fingerprint density at radius 1 is 1.44 bits per heavy atom. The third-order valence-corrected chi connectivity index (χ3v) is 4.37. The smallest absolute Gasteiger partial charge is 0.225 e. The molecule has 1 N–H and O–H groups in total. The number of carbonyl (C=O) groups excluding carboxylic acids is 1. The van der Waals surface area contributed by atoms with Crippen LogP contribution in [-0.4, -0.2) is 5.91 Å². The summed E-state index contributed by atoms with van der Waals surface area (Å²) >= 11 is 1.41. The Balaban J connectivity index is 1.77. The summed E-state index contributed by atoms with van der Waals surface area (Å²) in [5, 5.41) is 14.2. The molecule has 2 rings (SSSR count). The summed E-state index contributed by atoms with van der Waals surface area (Å²) in [6.45, 7) is 0. The molecule has 0 aromatic carbocycles. The molecule has 0 aliphatic heterocycles. The van der Waals surface area contributed by atoms with Crippen molar-refractivity contribution >= 4 is 22.2 Å². The quantitative estimate of drug-likeness (QED) is 0.894. The predicted octanol–water partition coefficient (Wildman–Crippen LogP) is 3.92. The van der Waals surface area contributed by atoms with Crippen molar-refractivity contribution in [1.29, 1.82) is 5.26 Å². The van der Waals surface area contributed by atoms with Crippen molar-refractivity contribution in [2.24, 2.45) is 5.92 Å². The molecule has 0 saturated heterocycles. The lowest BCUT2D eigenvalue weighted by Crippen LogP contribution is -2.14. The molecular weight excluding hydrogens is 244 g/mol. The van der Waals surface area contributed by atoms with Crippen LogP contribution < -0.4 is 5.32 Å². The summed E-state index contributed by atoms with van der Waals surface area (Å²) in [6, 6.07) is 3.82. The Labute approximate surface area is 112 Å². The first-order valence-electron chi connectivity index (χ1n) is 6.57. The van der Waals surface area contributed by atoms with Crippen LogP contribution in [0, 0.1) is 17.2 Å². The van der Waals surface area contributed by atoms with E-state index in [1.807, 2.05) is 5.38 Å². The third kappa shape index (κ3) is 3.58. The maximum absolute atomic E-state index is 11.8. The minimum Gasteiger partial charge on any atom is -0.317 e. The molecule has 1 aliphatic rings. The normalized spacial score (nSPS) is 16.2. The Morgan fingerprint density at radius 3 is 2.94 bits per heavy atom. The second-order valence-corrected chi connectivity index (χ2v) is 5.78. The lowest BCUT2D eigenvalue weighted by Gasteiger charge is -2.20. The number of nitrogens with zero attached hydrogens (tertiary/aromatic N) is 1. The first kappa shape index (κ1) is 13.1. The Morgan fingerprint density at radius 2 is 2.22 bits per heavy atom. The van der Waals surface area contributed by atoms with Crippen LogP contribution in [0.25, 0.3) is 0 Å². The van der Waals surface area contributed by atoms with Gasteiger partial charge in [0.05, 0.1) is 5.56 Å². The van der Waals surface area contributed by atoms with Crippen LogP contribution in [0.5, 0.6) is 0 Å². The highest BCUT2D eigenvalue weighted by Crippen LogP contribution is 2.28. The second-order valence-electron chi connectivity index (χ2n) is 4.87. The summed E-state index contributed by atoms with van der Waals surface area (Å²) in [6.07, 6.45) is 8.09. The number of nitrogens with one attached hydrogen (secondary N) is 1. The van der Waals surface area contributed by atoms with Gasteiger partial charge in [-0.3, -0.25) is 4.79 Å². The van der Waals surface area contributed by atoms with Gasteiger partial charge in [-0.05, 0) is 23.8 Å². The van der Waals surface area contributed by atoms with Crippen LogP contribution in [-0.2, 0) is 4.79 Å². The van der Waals surface area contributed by atoms with Gasteiger partial charge < -0.3 is 5.32 Å². The van der Waals surface area contributed by atoms with Crippen molar-refractivity contribution in [3.8, 4) is 6.07 Å². The van der Waals surface area contributed by atoms with E-state index in [2.05, 4.69) is 11.4 Å². The first-order valence-corrected chi connectivity index (χ1v) is 7.45. The highest BCUT2D eigenvalue weighted by molar-refractivity contribution is 7.14. The van der Waals surface area contributed by atoms with Gasteiger partial charge in [-0.1, -0.05) is 32.1 Å². The van der Waals surface area contributed by atoms with E-state index in [-0.39, 0.29) is 5.91 Å². The van der Waals surface area contributed by atoms with E-state index in [9.17, 15) is 4.79 Å². The molecule has 1 aromatic heterocycles. The summed E-state index contributed by atoms with van der Waals surface area (Å²) in [4.78, 5) is 11.8. The molecule has 1 saturated carbocycles. The van der Waals surface area contributed by atoms with Gasteiger partial charge in [0.15, 0.2) is 0 Å². The fourth-order valence-corrected chi connectivity index (χ4v) is 3.25. The molecule has 4 heteroatoms. The highest BCUT2D eigenvalue weighted by atomic mass is 32.1. The molecule has 0 radical (unpaired) electrons. The number of thiophene rings is 1. The lowest BCUT2D eigenvalue weighted by atomic mass is 9.86. The average Bonchev–Trinajstić information content (AvgIpc) is 2.85. The molecule has 1 aromatic rings. The average molecular weight is 262 g/mol. The number of rotatable bonds is 4. The van der Waals surface area contributed by atoms with Crippen LogP contribution in [0.1, 0.15) is 50.5 Å². The third-order valence-electron chi connectivity index (χ3n) is 3.54. The molecule has 0 spiro atoms. The van der Waals surface area contributed by atoms with E-state index >= 15 is 0 Å². The van der Waals surface area contributed by atoms with E-state index in [4.69, 9.17) is 5.26 Å². The van der Waals surface area contributed by atoms with Gasteiger partial charge in [-0.2, -0.15) is 5.26 Å². The minimum absolute atomic E-state index is 0.0412. The van der Waals surface area contributed by atoms with Crippen LogP contribution in [0.2, 0.25) is 0 Å². The number of hydrogen-bond acceptors (Lipinski definition) is 3. The van der Waals surface area contributed by atoms with Gasteiger partial charge in [0.1, 0.15) is 11.1 Å². The van der Waals surface area contributed by atoms with Crippen molar-refractivity contribution in [2.45, 2.75) is 44.9 Å². The van der Waals surface area contributed by atoms with Gasteiger partial charge >= 0.3 is 0 Å². The number of amides is 1. The largest absolute Gasteiger partial charge is 0.317 e. The molecule has 1 aliphatic carbocycles. The zero-order chi connectivity index (χ0) is 12.8. The summed E-state index contributed by atoms with van der Waals surface area (Å²) in [7, 11) is 0. The van der Waals surface area contributed by atoms with Gasteiger partial charge in [0.2, 0.25) is 5.91 Å². The second kappa shape index (κ2) is 6.55. The van der Waals surface area contributed by atoms with Crippen molar-refractivity contribution in [3.05, 3.63) is 17.0 Å². The van der Waals surface area contributed by atoms with Crippen LogP contribution >= 0.6 is 11.3 Å². The Bertz CT molecular complexity index is 441. The van der Waals surface area contributed by atoms with Crippen LogP contribution in [0.15, 0.2) is 11.4 Å². The van der Waals surface area contributed by atoms with E-state index in [0.717, 1.165) is 12.3 Å². The molecule has 1 fully saturated rings. The van der Waals surface area contributed by atoms with Gasteiger partial charge in [-0.25, -0.2) is 0 Å². The number of nitriles is 1. The molecule has 1 heterocycles. The van der Waals surface area contributed by atoms with Crippen LogP contribution in [0.3, 0.4) is 0 Å². The van der Waals surface area contributed by atoms with E-state index in [1.54, 1.807) is 6.07 Å². The summed E-state index contributed by atoms with van der Waals surface area (Å²) in [5.41, 5.74) is 0.561. The molecule has 1 amide bonds. The van der Waals surface area contributed by atoms with Crippen molar-refractivity contribution in [2.75, 3.05) is 5.32 Å². The molecule has 3 nitrogen and oxygen atoms in total. The Kier molecular flexibility index (Phi) is 4.77. The number of anilines is 1. The van der Waals surface area contributed by atoms with Crippen molar-refractivity contribution in [3.63, 3.8) is 0 Å². The molecule has 96 valence electrons. The van der Waals surface area contributed by atoms with Crippen LogP contribution in [0.4, 0.5) is 5.00 Å². The SMILES string of the molecule is N#Cc1ccsc1NC(=O)CCC1CCCCC1. The maximum atomic E-state index is 11.8. The summed E-state index contributed by atoms with van der Waals surface area (Å²) < 4.78 is 0. The molecule has 0 bridgehead atoms. The number of hydrogen-bond donors (Lipinski definition) is 1.